The van der Waals surface area contributed by atoms with Crippen molar-refractivity contribution >= 4 is 28.6 Å². The summed E-state index contributed by atoms with van der Waals surface area (Å²) in [7, 11) is 0. The smallest absolute Gasteiger partial charge is 0.251 e. The second-order valence-electron chi connectivity index (χ2n) is 4.58. The molecule has 0 radical (unpaired) electrons. The van der Waals surface area contributed by atoms with Crippen LogP contribution in [0.1, 0.15) is 0 Å². The van der Waals surface area contributed by atoms with Gasteiger partial charge in [-0.3, -0.25) is 14.9 Å². The van der Waals surface area contributed by atoms with Gasteiger partial charge in [-0.2, -0.15) is 0 Å². The van der Waals surface area contributed by atoms with Gasteiger partial charge in [0.1, 0.15) is 6.54 Å². The molecule has 0 aliphatic carbocycles. The summed E-state index contributed by atoms with van der Waals surface area (Å²) < 4.78 is 1.24. The molecule has 1 amide bonds. The molecule has 7 heteroatoms. The number of aromatic nitrogens is 3. The van der Waals surface area contributed by atoms with Crippen LogP contribution in [0.4, 0.5) is 11.6 Å². The summed E-state index contributed by atoms with van der Waals surface area (Å²) in [5.74, 6) is -0.0140. The highest BCUT2D eigenvalue weighted by Crippen LogP contribution is 2.13. The van der Waals surface area contributed by atoms with Crippen molar-refractivity contribution < 1.29 is 4.79 Å². The number of imidazole rings is 1. The van der Waals surface area contributed by atoms with Crippen molar-refractivity contribution in [3.05, 3.63) is 52.9 Å². The second-order valence-corrected chi connectivity index (χ2v) is 4.58. The molecular weight excluding hydrogens is 270 g/mol. The molecule has 0 unspecified atom stereocenters. The zero-order valence-corrected chi connectivity index (χ0v) is 11.0. The Morgan fingerprint density at radius 2 is 2.10 bits per heavy atom. The molecule has 0 spiro atoms. The van der Waals surface area contributed by atoms with E-state index in [1.165, 1.54) is 22.9 Å². The number of fused-ring (bicyclic) bond motifs is 1. The number of hydrogen-bond donors (Lipinski definition) is 3. The van der Waals surface area contributed by atoms with Crippen molar-refractivity contribution in [3.8, 4) is 0 Å². The Morgan fingerprint density at radius 3 is 2.90 bits per heavy atom. The number of nitrogens with two attached hydrogens (primary N) is 1. The lowest BCUT2D eigenvalue weighted by Crippen LogP contribution is -2.27. The molecule has 1 aromatic carbocycles. The first-order chi connectivity index (χ1) is 10.1. The van der Waals surface area contributed by atoms with E-state index in [4.69, 9.17) is 5.73 Å². The number of anilines is 2. The van der Waals surface area contributed by atoms with Gasteiger partial charge in [0.15, 0.2) is 0 Å². The molecule has 4 N–H and O–H groups in total. The van der Waals surface area contributed by atoms with E-state index in [0.29, 0.717) is 11.6 Å². The first-order valence-corrected chi connectivity index (χ1v) is 6.32. The molecule has 106 valence electrons. The number of nitrogens with zero attached hydrogens (tertiary/aromatic N) is 2. The van der Waals surface area contributed by atoms with Gasteiger partial charge in [-0.25, -0.2) is 4.98 Å². The predicted molar refractivity (Wildman–Crippen MR) is 79.8 cm³/mol. The molecule has 21 heavy (non-hydrogen) atoms. The van der Waals surface area contributed by atoms with E-state index in [0.717, 1.165) is 11.0 Å². The largest absolute Gasteiger partial charge is 0.398 e. The van der Waals surface area contributed by atoms with Crippen LogP contribution in [0.3, 0.4) is 0 Å². The molecule has 0 fully saturated rings. The van der Waals surface area contributed by atoms with E-state index in [-0.39, 0.29) is 18.0 Å². The highest BCUT2D eigenvalue weighted by molar-refractivity contribution is 5.90. The van der Waals surface area contributed by atoms with Gasteiger partial charge in [-0.1, -0.05) is 12.1 Å². The Labute approximate surface area is 119 Å². The number of carbonyl (C=O) groups excluding carboxylic acids is 1. The zero-order valence-electron chi connectivity index (χ0n) is 11.0. The van der Waals surface area contributed by atoms with Crippen LogP contribution in [-0.2, 0) is 11.3 Å². The van der Waals surface area contributed by atoms with E-state index in [1.54, 1.807) is 0 Å². The van der Waals surface area contributed by atoms with Gasteiger partial charge in [0.2, 0.25) is 11.9 Å². The van der Waals surface area contributed by atoms with Crippen molar-refractivity contribution in [2.75, 3.05) is 11.1 Å². The Bertz CT molecular complexity index is 832. The summed E-state index contributed by atoms with van der Waals surface area (Å²) in [6.07, 6.45) is 1.43. The first-order valence-electron chi connectivity index (χ1n) is 6.32. The Morgan fingerprint density at radius 1 is 1.29 bits per heavy atom. The van der Waals surface area contributed by atoms with Crippen molar-refractivity contribution in [2.45, 2.75) is 6.54 Å². The van der Waals surface area contributed by atoms with Crippen LogP contribution in [0.25, 0.3) is 11.0 Å². The topological polar surface area (TPSA) is 106 Å². The fourth-order valence-corrected chi connectivity index (χ4v) is 2.01. The molecular formula is C14H13N5O2. The van der Waals surface area contributed by atoms with Gasteiger partial charge < -0.3 is 15.3 Å². The average molecular weight is 283 g/mol. The monoisotopic (exact) mass is 283 g/mol. The fourth-order valence-electron chi connectivity index (χ4n) is 2.01. The number of H-pyrrole nitrogens is 1. The molecule has 0 saturated carbocycles. The van der Waals surface area contributed by atoms with Crippen LogP contribution in [-0.4, -0.2) is 20.4 Å². The number of pyridine rings is 1. The number of nitrogen functional groups attached to an aromatic ring is 1. The van der Waals surface area contributed by atoms with E-state index in [1.807, 2.05) is 24.3 Å². The summed E-state index contributed by atoms with van der Waals surface area (Å²) >= 11 is 0. The van der Waals surface area contributed by atoms with Crippen LogP contribution in [0, 0.1) is 0 Å². The quantitative estimate of drug-likeness (QED) is 0.665. The number of nitrogens with one attached hydrogen (secondary N) is 2. The van der Waals surface area contributed by atoms with Crippen LogP contribution >= 0.6 is 0 Å². The number of carbonyl (C=O) groups is 1. The number of aromatic amines is 1. The van der Waals surface area contributed by atoms with Crippen molar-refractivity contribution in [1.82, 2.24) is 14.5 Å². The highest BCUT2D eigenvalue weighted by atomic mass is 16.2. The normalized spacial score (nSPS) is 10.7. The maximum atomic E-state index is 12.0. The predicted octanol–water partition coefficient (Wildman–Crippen LogP) is 0.945. The molecule has 2 aromatic heterocycles. The van der Waals surface area contributed by atoms with Gasteiger partial charge >= 0.3 is 0 Å². The van der Waals surface area contributed by atoms with Crippen molar-refractivity contribution in [2.24, 2.45) is 0 Å². The lowest BCUT2D eigenvalue weighted by atomic mass is 10.3. The molecule has 0 aliphatic rings. The number of hydrogen-bond acceptors (Lipinski definition) is 4. The molecule has 2 heterocycles. The minimum Gasteiger partial charge on any atom is -0.398 e. The Balaban J connectivity index is 1.77. The highest BCUT2D eigenvalue weighted by Gasteiger charge is 2.08. The Hall–Kier alpha value is -3.09. The number of amides is 1. The molecule has 0 atom stereocenters. The molecule has 3 rings (SSSR count). The summed E-state index contributed by atoms with van der Waals surface area (Å²) in [6, 6.07) is 10.3. The molecule has 0 aliphatic heterocycles. The maximum Gasteiger partial charge on any atom is 0.251 e. The molecule has 3 aromatic rings. The van der Waals surface area contributed by atoms with Crippen LogP contribution in [0.2, 0.25) is 0 Å². The summed E-state index contributed by atoms with van der Waals surface area (Å²) in [5, 5.41) is 2.62. The number of para-hydroxylation sites is 2. The molecule has 0 bridgehead atoms. The third-order valence-electron chi connectivity index (χ3n) is 2.97. The lowest BCUT2D eigenvalue weighted by molar-refractivity contribution is -0.116. The number of rotatable bonds is 3. The van der Waals surface area contributed by atoms with Gasteiger partial charge in [0, 0.05) is 18.0 Å². The fraction of sp³-hybridized carbons (Fsp3) is 0.0714. The Kier molecular flexibility index (Phi) is 3.15. The lowest BCUT2D eigenvalue weighted by Gasteiger charge is -2.05. The minimum absolute atomic E-state index is 0.124. The van der Waals surface area contributed by atoms with Crippen LogP contribution in [0.15, 0.2) is 47.4 Å². The minimum atomic E-state index is -0.359. The average Bonchev–Trinajstić information content (AvgIpc) is 2.84. The van der Waals surface area contributed by atoms with Crippen molar-refractivity contribution in [3.63, 3.8) is 0 Å². The third kappa shape index (κ3) is 2.76. The second kappa shape index (κ2) is 5.12. The standard InChI is InChI=1S/C14H13N5O2/c15-9-5-6-13(21)19(7-9)8-12(20)18-14-16-10-3-1-2-4-11(10)17-14/h1-7H,8,15H2,(H2,16,17,18,20). The summed E-state index contributed by atoms with van der Waals surface area (Å²) in [6.45, 7) is -0.124. The van der Waals surface area contributed by atoms with Gasteiger partial charge in [-0.05, 0) is 18.2 Å². The van der Waals surface area contributed by atoms with Gasteiger partial charge in [-0.15, -0.1) is 0 Å². The van der Waals surface area contributed by atoms with Gasteiger partial charge in [0.25, 0.3) is 5.56 Å². The van der Waals surface area contributed by atoms with E-state index in [9.17, 15) is 9.59 Å². The van der Waals surface area contributed by atoms with Gasteiger partial charge in [0.05, 0.1) is 11.0 Å². The summed E-state index contributed by atoms with van der Waals surface area (Å²) in [5.41, 5.74) is 7.32. The van der Waals surface area contributed by atoms with Crippen LogP contribution < -0.4 is 16.6 Å². The van der Waals surface area contributed by atoms with E-state index < -0.39 is 0 Å². The molecule has 0 saturated heterocycles. The SMILES string of the molecule is Nc1ccc(=O)n(CC(=O)Nc2nc3ccccc3[nH]2)c1. The van der Waals surface area contributed by atoms with E-state index in [2.05, 4.69) is 15.3 Å². The van der Waals surface area contributed by atoms with E-state index >= 15 is 0 Å². The summed E-state index contributed by atoms with van der Waals surface area (Å²) in [4.78, 5) is 30.8. The number of benzene rings is 1. The maximum absolute atomic E-state index is 12.0. The van der Waals surface area contributed by atoms with Crippen molar-refractivity contribution in [1.29, 1.82) is 0 Å². The third-order valence-corrected chi connectivity index (χ3v) is 2.97. The zero-order chi connectivity index (χ0) is 14.8. The first kappa shape index (κ1) is 12.9. The molecule has 7 nitrogen and oxygen atoms in total. The van der Waals surface area contributed by atoms with Crippen LogP contribution in [0.5, 0.6) is 0 Å².